The van der Waals surface area contributed by atoms with Crippen LogP contribution in [-0.2, 0) is 20.7 Å². The second-order valence-electron chi connectivity index (χ2n) is 5.91. The second kappa shape index (κ2) is 7.85. The van der Waals surface area contributed by atoms with Gasteiger partial charge in [-0.2, -0.15) is 0 Å². The Hall–Kier alpha value is -3.10. The van der Waals surface area contributed by atoms with Gasteiger partial charge in [0, 0.05) is 6.42 Å². The smallest absolute Gasteiger partial charge is 0.413 e. The van der Waals surface area contributed by atoms with Crippen LogP contribution < -0.4 is 15.4 Å². The Labute approximate surface area is 150 Å². The lowest BCUT2D eigenvalue weighted by Crippen LogP contribution is -2.47. The Morgan fingerprint density at radius 1 is 1.27 bits per heavy atom. The zero-order chi connectivity index (χ0) is 19.3. The summed E-state index contributed by atoms with van der Waals surface area (Å²) in [6.45, 7) is 2.68. The summed E-state index contributed by atoms with van der Waals surface area (Å²) in [4.78, 5) is 48.7. The Morgan fingerprint density at radius 2 is 1.96 bits per heavy atom. The van der Waals surface area contributed by atoms with E-state index < -0.39 is 36.0 Å². The van der Waals surface area contributed by atoms with Gasteiger partial charge in [-0.25, -0.2) is 9.59 Å². The maximum absolute atomic E-state index is 12.7. The van der Waals surface area contributed by atoms with Crippen LogP contribution in [0.15, 0.2) is 24.3 Å². The fraction of sp³-hybridized carbons (Fsp3) is 0.412. The number of carbonyl (C=O) groups excluding carboxylic acids is 4. The number of urea groups is 1. The predicted molar refractivity (Wildman–Crippen MR) is 90.5 cm³/mol. The molecule has 140 valence electrons. The average Bonchev–Trinajstić information content (AvgIpc) is 2.78. The number of nitrogens with one attached hydrogen (secondary N) is 2. The monoisotopic (exact) mass is 363 g/mol. The van der Waals surface area contributed by atoms with Gasteiger partial charge in [0.05, 0.1) is 13.7 Å². The van der Waals surface area contributed by atoms with Crippen LogP contribution in [0.3, 0.4) is 0 Å². The first-order valence-corrected chi connectivity index (χ1v) is 8.03. The van der Waals surface area contributed by atoms with Crippen molar-refractivity contribution in [1.82, 2.24) is 15.5 Å². The van der Waals surface area contributed by atoms with Crippen molar-refractivity contribution in [2.24, 2.45) is 0 Å². The molecule has 1 atom stereocenters. The first kappa shape index (κ1) is 19.2. The maximum Gasteiger partial charge on any atom is 0.413 e. The first-order chi connectivity index (χ1) is 12.3. The highest BCUT2D eigenvalue weighted by Crippen LogP contribution is 2.27. The number of para-hydroxylation sites is 1. The molecule has 0 spiro atoms. The van der Waals surface area contributed by atoms with Crippen LogP contribution in [0.4, 0.5) is 9.59 Å². The summed E-state index contributed by atoms with van der Waals surface area (Å²) >= 11 is 0. The van der Waals surface area contributed by atoms with Crippen molar-refractivity contribution in [2.45, 2.75) is 25.8 Å². The molecular weight excluding hydrogens is 342 g/mol. The van der Waals surface area contributed by atoms with E-state index in [0.717, 1.165) is 10.5 Å². The molecule has 0 bridgehead atoms. The molecular formula is C17H21N3O6. The van der Waals surface area contributed by atoms with Crippen LogP contribution in [0.1, 0.15) is 19.4 Å². The van der Waals surface area contributed by atoms with Crippen molar-refractivity contribution >= 4 is 23.9 Å². The lowest BCUT2D eigenvalue weighted by molar-refractivity contribution is -0.134. The van der Waals surface area contributed by atoms with E-state index in [9.17, 15) is 19.2 Å². The third-order valence-electron chi connectivity index (χ3n) is 3.90. The maximum atomic E-state index is 12.7. The fourth-order valence-electron chi connectivity index (χ4n) is 2.70. The van der Waals surface area contributed by atoms with Gasteiger partial charge in [-0.3, -0.25) is 19.8 Å². The molecule has 1 aromatic carbocycles. The molecule has 26 heavy (non-hydrogen) atoms. The number of alkyl carbamates (subject to hydrolysis) is 1. The third-order valence-corrected chi connectivity index (χ3v) is 3.90. The van der Waals surface area contributed by atoms with Gasteiger partial charge in [0.2, 0.25) is 5.91 Å². The van der Waals surface area contributed by atoms with E-state index in [2.05, 4.69) is 10.1 Å². The number of imide groups is 2. The lowest BCUT2D eigenvalue weighted by Gasteiger charge is -2.22. The lowest BCUT2D eigenvalue weighted by atomic mass is 9.92. The van der Waals surface area contributed by atoms with Crippen LogP contribution in [0.5, 0.6) is 5.75 Å². The average molecular weight is 363 g/mol. The van der Waals surface area contributed by atoms with Crippen molar-refractivity contribution in [2.75, 3.05) is 20.3 Å². The summed E-state index contributed by atoms with van der Waals surface area (Å²) in [6.07, 6.45) is -0.737. The predicted octanol–water partition coefficient (Wildman–Crippen LogP) is 0.821. The normalized spacial score (nSPS) is 19.1. The molecule has 0 unspecified atom stereocenters. The fourth-order valence-corrected chi connectivity index (χ4v) is 2.70. The molecule has 0 radical (unpaired) electrons. The first-order valence-electron chi connectivity index (χ1n) is 8.03. The summed E-state index contributed by atoms with van der Waals surface area (Å²) < 4.78 is 9.86. The molecule has 0 saturated carbocycles. The number of carbonyl (C=O) groups is 4. The molecule has 0 aliphatic carbocycles. The number of rotatable bonds is 6. The summed E-state index contributed by atoms with van der Waals surface area (Å²) in [5, 5.41) is 4.55. The van der Waals surface area contributed by atoms with E-state index in [-0.39, 0.29) is 13.0 Å². The Bertz CT molecular complexity index is 735. The van der Waals surface area contributed by atoms with Crippen molar-refractivity contribution in [3.63, 3.8) is 0 Å². The van der Waals surface area contributed by atoms with Gasteiger partial charge in [0.25, 0.3) is 5.91 Å². The van der Waals surface area contributed by atoms with E-state index in [1.807, 2.05) is 5.32 Å². The molecule has 9 heteroatoms. The Kier molecular flexibility index (Phi) is 5.81. The minimum atomic E-state index is -1.23. The second-order valence-corrected chi connectivity index (χ2v) is 5.91. The molecule has 9 nitrogen and oxygen atoms in total. The molecule has 2 rings (SSSR count). The van der Waals surface area contributed by atoms with Crippen LogP contribution in [0, 0.1) is 0 Å². The van der Waals surface area contributed by atoms with Crippen LogP contribution in [0.25, 0.3) is 0 Å². The Balaban J connectivity index is 2.09. The number of nitrogens with zero attached hydrogens (tertiary/aromatic N) is 1. The van der Waals surface area contributed by atoms with Crippen molar-refractivity contribution in [1.29, 1.82) is 0 Å². The van der Waals surface area contributed by atoms with Crippen LogP contribution in [-0.4, -0.2) is 54.6 Å². The molecule has 1 heterocycles. The zero-order valence-corrected chi connectivity index (χ0v) is 14.8. The molecule has 1 fully saturated rings. The Morgan fingerprint density at radius 3 is 2.62 bits per heavy atom. The molecule has 5 amide bonds. The number of methoxy groups -OCH3 is 1. The van der Waals surface area contributed by atoms with Crippen LogP contribution >= 0.6 is 0 Å². The quantitative estimate of drug-likeness (QED) is 0.724. The molecule has 1 aliphatic rings. The van der Waals surface area contributed by atoms with Gasteiger partial charge in [-0.05, 0) is 25.5 Å². The van der Waals surface area contributed by atoms with E-state index in [1.165, 1.54) is 7.11 Å². The zero-order valence-electron chi connectivity index (χ0n) is 14.8. The van der Waals surface area contributed by atoms with E-state index in [0.29, 0.717) is 5.75 Å². The topological polar surface area (TPSA) is 114 Å². The highest BCUT2D eigenvalue weighted by molar-refractivity contribution is 6.09. The SMILES string of the molecule is CCOC(=O)NC(=O)CN1C(=O)N[C@](C)(Cc2ccccc2OC)C1=O. The standard InChI is InChI=1S/C17H21N3O6/c1-4-26-16(24)18-13(21)10-20-14(22)17(2,19-15(20)23)9-11-7-5-6-8-12(11)25-3/h5-8H,4,9-10H2,1-3H3,(H,19,23)(H,18,21,24)/t17-/m1/s1. The van der Waals surface area contributed by atoms with Gasteiger partial charge in [0.15, 0.2) is 0 Å². The van der Waals surface area contributed by atoms with Gasteiger partial charge in [-0.15, -0.1) is 0 Å². The van der Waals surface area contributed by atoms with E-state index in [4.69, 9.17) is 4.74 Å². The summed E-state index contributed by atoms with van der Waals surface area (Å²) in [7, 11) is 1.52. The minimum absolute atomic E-state index is 0.0965. The third kappa shape index (κ3) is 4.11. The molecule has 1 saturated heterocycles. The van der Waals surface area contributed by atoms with E-state index >= 15 is 0 Å². The largest absolute Gasteiger partial charge is 0.496 e. The molecule has 0 aromatic heterocycles. The summed E-state index contributed by atoms with van der Waals surface area (Å²) in [5.41, 5.74) is -0.486. The molecule has 1 aliphatic heterocycles. The van der Waals surface area contributed by atoms with Crippen molar-refractivity contribution < 1.29 is 28.7 Å². The van der Waals surface area contributed by atoms with Gasteiger partial charge >= 0.3 is 12.1 Å². The summed E-state index contributed by atoms with van der Waals surface area (Å²) in [5.74, 6) is -0.782. The number of benzene rings is 1. The highest BCUT2D eigenvalue weighted by Gasteiger charge is 2.48. The van der Waals surface area contributed by atoms with Crippen molar-refractivity contribution in [3.05, 3.63) is 29.8 Å². The number of amides is 5. The number of ether oxygens (including phenoxy) is 2. The van der Waals surface area contributed by atoms with Gasteiger partial charge in [-0.1, -0.05) is 18.2 Å². The van der Waals surface area contributed by atoms with Gasteiger partial charge < -0.3 is 14.8 Å². The number of hydrogen-bond donors (Lipinski definition) is 2. The van der Waals surface area contributed by atoms with E-state index in [1.54, 1.807) is 38.1 Å². The minimum Gasteiger partial charge on any atom is -0.496 e. The number of hydrogen-bond acceptors (Lipinski definition) is 6. The van der Waals surface area contributed by atoms with Crippen molar-refractivity contribution in [3.8, 4) is 5.75 Å². The summed E-state index contributed by atoms with van der Waals surface area (Å²) in [6, 6.07) is 6.44. The molecule has 1 aromatic rings. The molecule has 2 N–H and O–H groups in total. The highest BCUT2D eigenvalue weighted by atomic mass is 16.5. The van der Waals surface area contributed by atoms with Crippen LogP contribution in [0.2, 0.25) is 0 Å². The van der Waals surface area contributed by atoms with Gasteiger partial charge in [0.1, 0.15) is 17.8 Å².